The Kier molecular flexibility index (Phi) is 10.1. The van der Waals surface area contributed by atoms with Crippen LogP contribution in [0.15, 0.2) is 66.7 Å². The molecule has 11 heteroatoms. The molecule has 0 atom stereocenters. The largest absolute Gasteiger partial charge is 0.544 e. The van der Waals surface area contributed by atoms with E-state index in [1.807, 2.05) is 48.5 Å². The number of methoxy groups -OCH3 is 1. The van der Waals surface area contributed by atoms with E-state index in [4.69, 9.17) is 9.16 Å². The summed E-state index contributed by atoms with van der Waals surface area (Å²) in [4.78, 5) is 45.2. The van der Waals surface area contributed by atoms with Gasteiger partial charge in [0.2, 0.25) is 14.2 Å². The summed E-state index contributed by atoms with van der Waals surface area (Å²) < 4.78 is 11.5. The Labute approximate surface area is 284 Å². The molecule has 48 heavy (non-hydrogen) atoms. The van der Waals surface area contributed by atoms with Gasteiger partial charge in [-0.05, 0) is 97.5 Å². The number of carbonyl (C=O) groups is 3. The van der Waals surface area contributed by atoms with Gasteiger partial charge in [0, 0.05) is 55.9 Å². The number of nitrogens with zero attached hydrogens (tertiary/aromatic N) is 3. The molecule has 2 heterocycles. The summed E-state index contributed by atoms with van der Waals surface area (Å²) in [7, 11) is 3.16. The van der Waals surface area contributed by atoms with Crippen molar-refractivity contribution in [3.63, 3.8) is 0 Å². The summed E-state index contributed by atoms with van der Waals surface area (Å²) in [6.07, 6.45) is 0. The van der Waals surface area contributed by atoms with Crippen LogP contribution in [-0.4, -0.2) is 89.8 Å². The third-order valence-corrected chi connectivity index (χ3v) is 14.0. The Balaban J connectivity index is 1.46. The van der Waals surface area contributed by atoms with Crippen LogP contribution in [0.4, 0.5) is 17.1 Å². The van der Waals surface area contributed by atoms with Crippen LogP contribution in [0.5, 0.6) is 5.75 Å². The first-order valence-electron chi connectivity index (χ1n) is 16.3. The summed E-state index contributed by atoms with van der Waals surface area (Å²) in [5.41, 5.74) is 4.78. The van der Waals surface area contributed by atoms with Gasteiger partial charge in [0.05, 0.1) is 30.5 Å². The van der Waals surface area contributed by atoms with Crippen LogP contribution in [0.25, 0.3) is 11.3 Å². The molecule has 0 spiro atoms. The van der Waals surface area contributed by atoms with E-state index in [-0.39, 0.29) is 16.9 Å². The normalized spacial score (nSPS) is 16.5. The van der Waals surface area contributed by atoms with E-state index in [0.717, 1.165) is 48.9 Å². The Hall–Kier alpha value is -4.45. The lowest BCUT2D eigenvalue weighted by molar-refractivity contribution is -0.119. The van der Waals surface area contributed by atoms with Gasteiger partial charge in [-0.3, -0.25) is 14.5 Å². The van der Waals surface area contributed by atoms with Crippen molar-refractivity contribution in [2.75, 3.05) is 69.5 Å². The van der Waals surface area contributed by atoms with Crippen LogP contribution in [0.3, 0.4) is 0 Å². The first-order chi connectivity index (χ1) is 22.7. The van der Waals surface area contributed by atoms with Crippen molar-refractivity contribution in [2.45, 2.75) is 38.9 Å². The second kappa shape index (κ2) is 14.0. The molecular weight excluding hydrogens is 623 g/mol. The summed E-state index contributed by atoms with van der Waals surface area (Å²) in [5, 5.41) is 6.46. The third kappa shape index (κ3) is 7.64. The molecule has 2 aliphatic heterocycles. The minimum atomic E-state index is -2.06. The van der Waals surface area contributed by atoms with Crippen LogP contribution in [0.2, 0.25) is 18.1 Å². The number of hydrogen-bond donors (Lipinski definition) is 2. The highest BCUT2D eigenvalue weighted by Gasteiger charge is 2.39. The standard InChI is InChI=1S/C37H47N5O5Si/c1-37(2,3)48(7,8)47-29-16-9-25(10-17-29)34(33-30-23-26(36(45)46-6)11-18-31(30)39-35(33)44)38-27-12-14-28(15-13-27)41(5)32(43)24-42-21-19-40(4)20-22-42/h9-18,23,38H,19-22,24H2,1-8H3,(H,39,44)/b34-33-. The van der Waals surface area contributed by atoms with Crippen LogP contribution < -0.4 is 20.0 Å². The molecule has 2 N–H and O–H groups in total. The van der Waals surface area contributed by atoms with Gasteiger partial charge in [0.1, 0.15) is 5.75 Å². The van der Waals surface area contributed by atoms with Gasteiger partial charge in [-0.15, -0.1) is 0 Å². The van der Waals surface area contributed by atoms with Gasteiger partial charge in [-0.25, -0.2) is 4.79 Å². The number of benzene rings is 3. The fourth-order valence-electron chi connectivity index (χ4n) is 5.44. The monoisotopic (exact) mass is 669 g/mol. The first-order valence-corrected chi connectivity index (χ1v) is 19.2. The maximum atomic E-state index is 13.6. The van der Waals surface area contributed by atoms with Gasteiger partial charge in [0.15, 0.2) is 0 Å². The molecular formula is C37H47N5O5Si. The number of amides is 2. The number of rotatable bonds is 9. The molecule has 3 aromatic rings. The van der Waals surface area contributed by atoms with Crippen molar-refractivity contribution in [2.24, 2.45) is 0 Å². The second-order valence-corrected chi connectivity index (χ2v) is 18.8. The number of piperazine rings is 1. The molecule has 0 unspecified atom stereocenters. The number of hydrogen-bond acceptors (Lipinski definition) is 8. The van der Waals surface area contributed by atoms with Crippen molar-refractivity contribution in [3.8, 4) is 5.75 Å². The van der Waals surface area contributed by atoms with E-state index in [9.17, 15) is 14.4 Å². The highest BCUT2D eigenvalue weighted by atomic mass is 28.4. The molecule has 2 aliphatic rings. The Morgan fingerprint density at radius 1 is 0.938 bits per heavy atom. The summed E-state index contributed by atoms with van der Waals surface area (Å²) in [6, 6.07) is 20.3. The average molecular weight is 670 g/mol. The van der Waals surface area contributed by atoms with Crippen LogP contribution in [-0.2, 0) is 14.3 Å². The zero-order chi connectivity index (χ0) is 34.8. The van der Waals surface area contributed by atoms with Crippen molar-refractivity contribution in [3.05, 3.63) is 83.4 Å². The van der Waals surface area contributed by atoms with E-state index in [1.54, 1.807) is 30.1 Å². The molecule has 10 nitrogen and oxygen atoms in total. The van der Waals surface area contributed by atoms with Gasteiger partial charge < -0.3 is 29.6 Å². The van der Waals surface area contributed by atoms with Crippen molar-refractivity contribution in [1.29, 1.82) is 0 Å². The highest BCUT2D eigenvalue weighted by Crippen LogP contribution is 2.40. The van der Waals surface area contributed by atoms with Gasteiger partial charge in [0.25, 0.3) is 5.91 Å². The molecule has 0 aromatic heterocycles. The second-order valence-electron chi connectivity index (χ2n) is 14.0. The summed E-state index contributed by atoms with van der Waals surface area (Å²) in [5.74, 6) is 0.0262. The smallest absolute Gasteiger partial charge is 0.337 e. The molecule has 0 bridgehead atoms. The Bertz CT molecular complexity index is 1710. The zero-order valence-electron chi connectivity index (χ0n) is 29.3. The Morgan fingerprint density at radius 2 is 1.56 bits per heavy atom. The van der Waals surface area contributed by atoms with E-state index in [1.165, 1.54) is 7.11 Å². The SMILES string of the molecule is COC(=O)c1ccc2c(c1)/C(=C(/Nc1ccc(N(C)C(=O)CN3CCN(C)CC3)cc1)c1ccc(O[Si](C)(C)C(C)(C)C)cc1)C(=O)N2. The minimum Gasteiger partial charge on any atom is -0.544 e. The number of likely N-dealkylation sites (N-methyl/N-ethyl adjacent to an activating group) is 2. The third-order valence-electron chi connectivity index (χ3n) is 9.61. The molecule has 0 aliphatic carbocycles. The molecule has 5 rings (SSSR count). The van der Waals surface area contributed by atoms with Gasteiger partial charge in [-0.2, -0.15) is 0 Å². The number of ether oxygens (including phenoxy) is 1. The molecule has 0 saturated carbocycles. The lowest BCUT2D eigenvalue weighted by Gasteiger charge is -2.36. The number of esters is 1. The van der Waals surface area contributed by atoms with Gasteiger partial charge >= 0.3 is 5.97 Å². The number of nitrogens with one attached hydrogen (secondary N) is 2. The predicted octanol–water partition coefficient (Wildman–Crippen LogP) is 6.00. The minimum absolute atomic E-state index is 0.0312. The quantitative estimate of drug-likeness (QED) is 0.163. The zero-order valence-corrected chi connectivity index (χ0v) is 30.3. The van der Waals surface area contributed by atoms with E-state index in [0.29, 0.717) is 34.6 Å². The lowest BCUT2D eigenvalue weighted by Crippen LogP contribution is -2.48. The summed E-state index contributed by atoms with van der Waals surface area (Å²) in [6.45, 7) is 15.0. The number of anilines is 3. The average Bonchev–Trinajstić information content (AvgIpc) is 3.38. The fraction of sp³-hybridized carbons (Fsp3) is 0.378. The van der Waals surface area contributed by atoms with E-state index in [2.05, 4.69) is 61.3 Å². The van der Waals surface area contributed by atoms with E-state index >= 15 is 0 Å². The highest BCUT2D eigenvalue weighted by molar-refractivity contribution is 6.74. The summed E-state index contributed by atoms with van der Waals surface area (Å²) >= 11 is 0. The molecule has 1 saturated heterocycles. The maximum absolute atomic E-state index is 13.6. The van der Waals surface area contributed by atoms with Crippen molar-refractivity contribution >= 4 is 54.4 Å². The lowest BCUT2D eigenvalue weighted by atomic mass is 9.98. The van der Waals surface area contributed by atoms with Crippen molar-refractivity contribution in [1.82, 2.24) is 9.80 Å². The van der Waals surface area contributed by atoms with E-state index < -0.39 is 14.3 Å². The fourth-order valence-corrected chi connectivity index (χ4v) is 6.47. The number of carbonyl (C=O) groups excluding carboxylic acids is 3. The predicted molar refractivity (Wildman–Crippen MR) is 195 cm³/mol. The number of fused-ring (bicyclic) bond motifs is 1. The maximum Gasteiger partial charge on any atom is 0.337 e. The topological polar surface area (TPSA) is 103 Å². The molecule has 254 valence electrons. The Morgan fingerprint density at radius 3 is 2.17 bits per heavy atom. The van der Waals surface area contributed by atoms with Crippen LogP contribution in [0, 0.1) is 0 Å². The van der Waals surface area contributed by atoms with Gasteiger partial charge in [-0.1, -0.05) is 20.8 Å². The first kappa shape index (κ1) is 34.9. The van der Waals surface area contributed by atoms with Crippen LogP contribution >= 0.6 is 0 Å². The molecule has 2 amide bonds. The molecule has 1 fully saturated rings. The van der Waals surface area contributed by atoms with Crippen molar-refractivity contribution < 1.29 is 23.5 Å². The van der Waals surface area contributed by atoms with Crippen LogP contribution in [0.1, 0.15) is 42.3 Å². The molecule has 0 radical (unpaired) electrons. The molecule has 3 aromatic carbocycles.